The van der Waals surface area contributed by atoms with Gasteiger partial charge in [0.25, 0.3) is 5.56 Å². The van der Waals surface area contributed by atoms with Gasteiger partial charge in [-0.2, -0.15) is 0 Å². The topological polar surface area (TPSA) is 39.3 Å². The lowest BCUT2D eigenvalue weighted by atomic mass is 10.1. The number of aryl methyl sites for hydroxylation is 1. The molecule has 0 amide bonds. The number of fused-ring (bicyclic) bond motifs is 1. The molecule has 0 fully saturated rings. The van der Waals surface area contributed by atoms with Crippen LogP contribution in [-0.4, -0.2) is 14.0 Å². The second-order valence-electron chi connectivity index (χ2n) is 6.16. The summed E-state index contributed by atoms with van der Waals surface area (Å²) in [4.78, 5) is 17.2. The van der Waals surface area contributed by atoms with E-state index in [1.165, 1.54) is 28.8 Å². The number of nitrogens with zero attached hydrogens (tertiary/aromatic N) is 3. The van der Waals surface area contributed by atoms with Gasteiger partial charge in [0.1, 0.15) is 11.6 Å². The van der Waals surface area contributed by atoms with Crippen molar-refractivity contribution in [3.05, 3.63) is 92.4 Å². The summed E-state index contributed by atoms with van der Waals surface area (Å²) >= 11 is 3.25. The maximum atomic E-state index is 14.1. The molecule has 2 aromatic carbocycles. The molecule has 0 aliphatic carbocycles. The number of halogens is 3. The van der Waals surface area contributed by atoms with Crippen LogP contribution in [-0.2, 0) is 6.54 Å². The Hall–Kier alpha value is -2.80. The van der Waals surface area contributed by atoms with Gasteiger partial charge in [-0.15, -0.1) is 0 Å². The van der Waals surface area contributed by atoms with Crippen molar-refractivity contribution in [3.8, 4) is 11.3 Å². The third-order valence-electron chi connectivity index (χ3n) is 4.46. The predicted octanol–water partition coefficient (Wildman–Crippen LogP) is 4.56. The molecule has 27 heavy (non-hydrogen) atoms. The van der Waals surface area contributed by atoms with Gasteiger partial charge in [-0.05, 0) is 35.0 Å². The fraction of sp³-hybridized carbons (Fsp3) is 0.100. The molecule has 7 heteroatoms. The normalized spacial score (nSPS) is 11.3. The molecule has 0 saturated heterocycles. The van der Waals surface area contributed by atoms with Crippen LogP contribution in [0.25, 0.3) is 17.0 Å². The van der Waals surface area contributed by atoms with Crippen LogP contribution in [0.5, 0.6) is 0 Å². The number of rotatable bonds is 3. The lowest BCUT2D eigenvalue weighted by molar-refractivity contribution is 0.544. The van der Waals surface area contributed by atoms with Crippen LogP contribution < -0.4 is 5.56 Å². The minimum absolute atomic E-state index is 0.0862. The Labute approximate surface area is 161 Å². The van der Waals surface area contributed by atoms with E-state index in [2.05, 4.69) is 20.9 Å². The first-order valence-electron chi connectivity index (χ1n) is 8.23. The molecule has 2 aromatic heterocycles. The highest BCUT2D eigenvalue weighted by Gasteiger charge is 2.18. The van der Waals surface area contributed by atoms with Gasteiger partial charge in [-0.3, -0.25) is 4.79 Å². The molecule has 2 heterocycles. The van der Waals surface area contributed by atoms with E-state index in [9.17, 15) is 13.6 Å². The Balaban J connectivity index is 1.97. The molecule has 0 aliphatic heterocycles. The lowest BCUT2D eigenvalue weighted by Gasteiger charge is -2.11. The third kappa shape index (κ3) is 2.98. The van der Waals surface area contributed by atoms with Crippen molar-refractivity contribution in [1.29, 1.82) is 0 Å². The van der Waals surface area contributed by atoms with Crippen LogP contribution in [0.4, 0.5) is 8.78 Å². The van der Waals surface area contributed by atoms with Gasteiger partial charge in [0.15, 0.2) is 0 Å². The molecule has 4 aromatic rings. The minimum Gasteiger partial charge on any atom is -0.312 e. The van der Waals surface area contributed by atoms with E-state index in [0.717, 1.165) is 5.56 Å². The number of hydrogen-bond donors (Lipinski definition) is 0. The molecule has 0 N–H and O–H groups in total. The summed E-state index contributed by atoms with van der Waals surface area (Å²) in [6, 6.07) is 13.2. The molecule has 0 spiro atoms. The Morgan fingerprint density at radius 1 is 1.04 bits per heavy atom. The van der Waals surface area contributed by atoms with Crippen molar-refractivity contribution in [2.45, 2.75) is 13.5 Å². The van der Waals surface area contributed by atoms with Crippen LogP contribution in [0, 0.1) is 18.6 Å². The molecule has 0 bridgehead atoms. The summed E-state index contributed by atoms with van der Waals surface area (Å²) in [5.41, 5.74) is 1.80. The molecule has 0 radical (unpaired) electrons. The zero-order valence-corrected chi connectivity index (χ0v) is 15.9. The van der Waals surface area contributed by atoms with E-state index in [-0.39, 0.29) is 22.1 Å². The number of aromatic nitrogens is 3. The Morgan fingerprint density at radius 3 is 2.37 bits per heavy atom. The standard InChI is InChI=1S/C20H14BrF2N3O/c1-12-18(13-6-3-2-4-7-13)24-20-25(11-15(21)19(27)26(12)20)10-14-16(22)8-5-9-17(14)23/h2-9,11H,10H2,1H3. The fourth-order valence-electron chi connectivity index (χ4n) is 3.12. The summed E-state index contributed by atoms with van der Waals surface area (Å²) in [6.45, 7) is 1.70. The summed E-state index contributed by atoms with van der Waals surface area (Å²) < 4.78 is 31.5. The molecular weight excluding hydrogens is 416 g/mol. The first kappa shape index (κ1) is 17.6. The van der Waals surface area contributed by atoms with Gasteiger partial charge in [0, 0.05) is 17.3 Å². The Kier molecular flexibility index (Phi) is 4.39. The van der Waals surface area contributed by atoms with E-state index in [4.69, 9.17) is 0 Å². The van der Waals surface area contributed by atoms with E-state index in [1.54, 1.807) is 11.5 Å². The van der Waals surface area contributed by atoms with Crippen LogP contribution >= 0.6 is 15.9 Å². The highest BCUT2D eigenvalue weighted by molar-refractivity contribution is 9.10. The maximum Gasteiger partial charge on any atom is 0.273 e. The quantitative estimate of drug-likeness (QED) is 0.478. The van der Waals surface area contributed by atoms with Crippen molar-refractivity contribution >= 4 is 21.7 Å². The van der Waals surface area contributed by atoms with Gasteiger partial charge in [0.2, 0.25) is 5.78 Å². The molecule has 4 nitrogen and oxygen atoms in total. The van der Waals surface area contributed by atoms with E-state index < -0.39 is 11.6 Å². The number of imidazole rings is 1. The van der Waals surface area contributed by atoms with E-state index in [1.807, 2.05) is 30.3 Å². The monoisotopic (exact) mass is 429 g/mol. The molecule has 4 rings (SSSR count). The first-order chi connectivity index (χ1) is 13.0. The van der Waals surface area contributed by atoms with Crippen molar-refractivity contribution in [2.24, 2.45) is 0 Å². The van der Waals surface area contributed by atoms with Gasteiger partial charge >= 0.3 is 0 Å². The van der Waals surface area contributed by atoms with Crippen LogP contribution in [0.15, 0.2) is 64.0 Å². The third-order valence-corrected chi connectivity index (χ3v) is 5.00. The smallest absolute Gasteiger partial charge is 0.273 e. The zero-order chi connectivity index (χ0) is 19.1. The Morgan fingerprint density at radius 2 is 1.70 bits per heavy atom. The van der Waals surface area contributed by atoms with Crippen molar-refractivity contribution in [2.75, 3.05) is 0 Å². The van der Waals surface area contributed by atoms with E-state index >= 15 is 0 Å². The average molecular weight is 430 g/mol. The van der Waals surface area contributed by atoms with Crippen molar-refractivity contribution in [3.63, 3.8) is 0 Å². The summed E-state index contributed by atoms with van der Waals surface area (Å²) in [5.74, 6) is -0.966. The fourth-order valence-corrected chi connectivity index (χ4v) is 3.54. The predicted molar refractivity (Wildman–Crippen MR) is 103 cm³/mol. The lowest BCUT2D eigenvalue weighted by Crippen LogP contribution is -2.20. The van der Waals surface area contributed by atoms with E-state index in [0.29, 0.717) is 17.2 Å². The van der Waals surface area contributed by atoms with Gasteiger partial charge in [0.05, 0.1) is 22.4 Å². The number of benzene rings is 2. The minimum atomic E-state index is -0.644. The van der Waals surface area contributed by atoms with Crippen LogP contribution in [0.3, 0.4) is 0 Å². The summed E-state index contributed by atoms with van der Waals surface area (Å²) in [7, 11) is 0. The molecule has 0 atom stereocenters. The highest BCUT2D eigenvalue weighted by atomic mass is 79.9. The molecule has 136 valence electrons. The van der Waals surface area contributed by atoms with Crippen LogP contribution in [0.1, 0.15) is 11.3 Å². The highest BCUT2D eigenvalue weighted by Crippen LogP contribution is 2.24. The van der Waals surface area contributed by atoms with Crippen molar-refractivity contribution < 1.29 is 8.78 Å². The molecule has 0 aliphatic rings. The molecular formula is C20H14BrF2N3O. The second-order valence-corrected chi connectivity index (χ2v) is 7.01. The second kappa shape index (κ2) is 6.74. The average Bonchev–Trinajstić information content (AvgIpc) is 3.01. The van der Waals surface area contributed by atoms with Gasteiger partial charge in [-0.25, -0.2) is 18.2 Å². The summed E-state index contributed by atoms with van der Waals surface area (Å²) in [6.07, 6.45) is 1.50. The Bertz CT molecular complexity index is 1200. The SMILES string of the molecule is Cc1c(-c2ccccc2)nc2n(Cc3c(F)cccc3F)cc(Br)c(=O)n12. The first-order valence-corrected chi connectivity index (χ1v) is 9.03. The summed E-state index contributed by atoms with van der Waals surface area (Å²) in [5, 5.41) is 0. The molecule has 0 unspecified atom stereocenters. The molecule has 0 saturated carbocycles. The zero-order valence-electron chi connectivity index (χ0n) is 14.3. The largest absolute Gasteiger partial charge is 0.312 e. The van der Waals surface area contributed by atoms with Crippen LogP contribution in [0.2, 0.25) is 0 Å². The number of hydrogen-bond acceptors (Lipinski definition) is 2. The van der Waals surface area contributed by atoms with Gasteiger partial charge < -0.3 is 4.57 Å². The van der Waals surface area contributed by atoms with Crippen molar-refractivity contribution in [1.82, 2.24) is 14.0 Å². The van der Waals surface area contributed by atoms with Gasteiger partial charge in [-0.1, -0.05) is 36.4 Å². The maximum absolute atomic E-state index is 14.1.